The Morgan fingerprint density at radius 2 is 2.31 bits per heavy atom. The second-order valence-corrected chi connectivity index (χ2v) is 2.53. The summed E-state index contributed by atoms with van der Waals surface area (Å²) in [7, 11) is 0. The van der Waals surface area contributed by atoms with Crippen molar-refractivity contribution in [1.29, 1.82) is 0 Å². The van der Waals surface area contributed by atoms with Gasteiger partial charge in [-0.2, -0.15) is 0 Å². The monoisotopic (exact) mass is 185 g/mol. The van der Waals surface area contributed by atoms with Crippen LogP contribution in [0.5, 0.6) is 5.75 Å². The quantitative estimate of drug-likeness (QED) is 0.712. The lowest BCUT2D eigenvalue weighted by atomic mass is 10.3. The van der Waals surface area contributed by atoms with Crippen molar-refractivity contribution < 1.29 is 19.3 Å². The highest BCUT2D eigenvalue weighted by Gasteiger charge is 2.02. The molecule has 1 rings (SSSR count). The van der Waals surface area contributed by atoms with Gasteiger partial charge in [0.25, 0.3) is 0 Å². The summed E-state index contributed by atoms with van der Waals surface area (Å²) in [5.41, 5.74) is 0. The van der Waals surface area contributed by atoms with Crippen molar-refractivity contribution in [1.82, 2.24) is 0 Å². The van der Waals surface area contributed by atoms with Gasteiger partial charge in [0.2, 0.25) is 0 Å². The first-order valence-electron chi connectivity index (χ1n) is 3.80. The van der Waals surface area contributed by atoms with Crippen LogP contribution in [-0.4, -0.2) is 29.5 Å². The first-order chi connectivity index (χ1) is 6.22. The Balaban J connectivity index is 2.45. The van der Waals surface area contributed by atoms with E-state index in [-0.39, 0.29) is 19.0 Å². The molecule has 0 aliphatic carbocycles. The van der Waals surface area contributed by atoms with Crippen molar-refractivity contribution in [3.8, 4) is 5.75 Å². The van der Waals surface area contributed by atoms with Crippen LogP contribution in [0.3, 0.4) is 0 Å². The summed E-state index contributed by atoms with van der Waals surface area (Å²) in [6.45, 7) is -0.438. The van der Waals surface area contributed by atoms with Crippen molar-refractivity contribution in [3.63, 3.8) is 0 Å². The predicted octanol–water partition coefficient (Wildman–Crippen LogP) is 0.358. The van der Waals surface area contributed by atoms with Gasteiger partial charge in [-0.05, 0) is 18.2 Å². The zero-order valence-corrected chi connectivity index (χ0v) is 6.90. The average molecular weight is 185 g/mol. The molecule has 1 aromatic rings. The zero-order valence-electron chi connectivity index (χ0n) is 6.90. The van der Waals surface area contributed by atoms with E-state index in [9.17, 15) is 4.39 Å². The third-order valence-electron chi connectivity index (χ3n) is 1.38. The van der Waals surface area contributed by atoms with E-state index in [0.29, 0.717) is 0 Å². The van der Waals surface area contributed by atoms with E-state index in [2.05, 4.69) is 6.07 Å². The van der Waals surface area contributed by atoms with Gasteiger partial charge in [-0.1, -0.05) is 0 Å². The molecule has 1 unspecified atom stereocenters. The van der Waals surface area contributed by atoms with Crippen molar-refractivity contribution in [3.05, 3.63) is 30.1 Å². The maximum Gasteiger partial charge on any atom is 0.127 e. The molecule has 0 bridgehead atoms. The SMILES string of the molecule is OCC(O)COc1c[c]cc(F)c1. The zero-order chi connectivity index (χ0) is 9.68. The van der Waals surface area contributed by atoms with Crippen LogP contribution < -0.4 is 4.74 Å². The van der Waals surface area contributed by atoms with Crippen LogP contribution in [0.1, 0.15) is 0 Å². The summed E-state index contributed by atoms with van der Waals surface area (Å²) in [6.07, 6.45) is -0.941. The Hall–Kier alpha value is -1.13. The molecule has 2 N–H and O–H groups in total. The molecule has 0 saturated heterocycles. The second kappa shape index (κ2) is 4.79. The maximum absolute atomic E-state index is 12.6. The lowest BCUT2D eigenvalue weighted by Crippen LogP contribution is -2.21. The minimum atomic E-state index is -0.941. The molecule has 13 heavy (non-hydrogen) atoms. The van der Waals surface area contributed by atoms with Crippen LogP contribution in [0, 0.1) is 11.9 Å². The number of halogens is 1. The van der Waals surface area contributed by atoms with Gasteiger partial charge in [0.15, 0.2) is 0 Å². The summed E-state index contributed by atoms with van der Waals surface area (Å²) in [4.78, 5) is 0. The highest BCUT2D eigenvalue weighted by molar-refractivity contribution is 5.21. The van der Waals surface area contributed by atoms with E-state index in [1.807, 2.05) is 0 Å². The van der Waals surface area contributed by atoms with Gasteiger partial charge in [-0.3, -0.25) is 0 Å². The number of rotatable bonds is 4. The number of aliphatic hydroxyl groups is 2. The molecule has 0 aromatic heterocycles. The number of hydrogen-bond donors (Lipinski definition) is 2. The molecule has 0 spiro atoms. The number of aliphatic hydroxyl groups excluding tert-OH is 2. The summed E-state index contributed by atoms with van der Waals surface area (Å²) < 4.78 is 17.5. The van der Waals surface area contributed by atoms with Crippen molar-refractivity contribution in [2.24, 2.45) is 0 Å². The summed E-state index contributed by atoms with van der Waals surface area (Å²) >= 11 is 0. The van der Waals surface area contributed by atoms with Gasteiger partial charge < -0.3 is 14.9 Å². The van der Waals surface area contributed by atoms with Crippen molar-refractivity contribution in [2.45, 2.75) is 6.10 Å². The van der Waals surface area contributed by atoms with Crippen LogP contribution in [0.4, 0.5) is 4.39 Å². The van der Waals surface area contributed by atoms with Gasteiger partial charge in [0, 0.05) is 6.07 Å². The minimum Gasteiger partial charge on any atom is -0.491 e. The molecular weight excluding hydrogens is 175 g/mol. The number of benzene rings is 1. The topological polar surface area (TPSA) is 49.7 Å². The lowest BCUT2D eigenvalue weighted by Gasteiger charge is -2.09. The predicted molar refractivity (Wildman–Crippen MR) is 43.8 cm³/mol. The van der Waals surface area contributed by atoms with Gasteiger partial charge in [-0.15, -0.1) is 0 Å². The third-order valence-corrected chi connectivity index (χ3v) is 1.38. The fourth-order valence-corrected chi connectivity index (χ4v) is 0.751. The van der Waals surface area contributed by atoms with E-state index in [4.69, 9.17) is 14.9 Å². The summed E-state index contributed by atoms with van der Waals surface area (Å²) in [6, 6.07) is 6.34. The standard InChI is InChI=1S/C9H10FO3/c10-7-2-1-3-9(4-7)13-6-8(12)5-11/h2-4,8,11-12H,5-6H2. The van der Waals surface area contributed by atoms with Crippen molar-refractivity contribution >= 4 is 0 Å². The van der Waals surface area contributed by atoms with E-state index >= 15 is 0 Å². The Morgan fingerprint density at radius 3 is 2.92 bits per heavy atom. The number of hydrogen-bond acceptors (Lipinski definition) is 3. The highest BCUT2D eigenvalue weighted by Crippen LogP contribution is 2.11. The van der Waals surface area contributed by atoms with E-state index < -0.39 is 11.9 Å². The van der Waals surface area contributed by atoms with Crippen LogP contribution in [0.25, 0.3) is 0 Å². The lowest BCUT2D eigenvalue weighted by molar-refractivity contribution is 0.0535. The van der Waals surface area contributed by atoms with E-state index in [0.717, 1.165) is 0 Å². The molecule has 1 aromatic carbocycles. The summed E-state index contributed by atoms with van der Waals surface area (Å²) in [5, 5.41) is 17.4. The molecule has 1 radical (unpaired) electrons. The van der Waals surface area contributed by atoms with Gasteiger partial charge in [0.1, 0.15) is 24.3 Å². The molecule has 0 fully saturated rings. The molecule has 0 heterocycles. The normalized spacial score (nSPS) is 12.5. The fraction of sp³-hybridized carbons (Fsp3) is 0.333. The third kappa shape index (κ3) is 3.40. The van der Waals surface area contributed by atoms with Crippen molar-refractivity contribution in [2.75, 3.05) is 13.2 Å². The second-order valence-electron chi connectivity index (χ2n) is 2.53. The van der Waals surface area contributed by atoms with E-state index in [1.165, 1.54) is 18.2 Å². The Labute approximate surface area is 75.4 Å². The number of ether oxygens (including phenoxy) is 1. The summed E-state index contributed by atoms with van der Waals surface area (Å²) in [5.74, 6) is -0.163. The Bertz CT molecular complexity index is 265. The smallest absolute Gasteiger partial charge is 0.127 e. The largest absolute Gasteiger partial charge is 0.491 e. The van der Waals surface area contributed by atoms with Gasteiger partial charge >= 0.3 is 0 Å². The Kier molecular flexibility index (Phi) is 3.67. The molecule has 4 heteroatoms. The maximum atomic E-state index is 12.6. The minimum absolute atomic E-state index is 0.0617. The first kappa shape index (κ1) is 9.95. The molecular formula is C9H10FO3. The Morgan fingerprint density at radius 1 is 1.54 bits per heavy atom. The van der Waals surface area contributed by atoms with Crippen LogP contribution >= 0.6 is 0 Å². The molecule has 1 atom stereocenters. The van der Waals surface area contributed by atoms with Crippen LogP contribution in [0.2, 0.25) is 0 Å². The highest BCUT2D eigenvalue weighted by atomic mass is 19.1. The molecule has 0 aliphatic heterocycles. The first-order valence-corrected chi connectivity index (χ1v) is 3.80. The van der Waals surface area contributed by atoms with Gasteiger partial charge in [-0.25, -0.2) is 4.39 Å². The molecule has 0 amide bonds. The fourth-order valence-electron chi connectivity index (χ4n) is 0.751. The average Bonchev–Trinajstić information content (AvgIpc) is 2.14. The van der Waals surface area contributed by atoms with Gasteiger partial charge in [0.05, 0.1) is 6.61 Å². The molecule has 3 nitrogen and oxygen atoms in total. The molecule has 71 valence electrons. The van der Waals surface area contributed by atoms with Crippen LogP contribution in [-0.2, 0) is 0 Å². The molecule has 0 saturated carbocycles. The van der Waals surface area contributed by atoms with E-state index in [1.54, 1.807) is 0 Å². The van der Waals surface area contributed by atoms with Crippen LogP contribution in [0.15, 0.2) is 18.2 Å². The molecule has 0 aliphatic rings.